The minimum atomic E-state index is -0.531. The largest absolute Gasteiger partial charge is 0.497 e. The SMILES string of the molecule is CCOC(=O)c1c(-c2ccc(OC)cc2)cc2ccc(F)cc2c1N. The number of carbonyl (C=O) groups is 1. The van der Waals surface area contributed by atoms with Crippen LogP contribution >= 0.6 is 0 Å². The van der Waals surface area contributed by atoms with Crippen molar-refractivity contribution in [3.05, 3.63) is 59.9 Å². The molecule has 5 heteroatoms. The monoisotopic (exact) mass is 339 g/mol. The summed E-state index contributed by atoms with van der Waals surface area (Å²) in [5.74, 6) is -0.236. The van der Waals surface area contributed by atoms with Crippen LogP contribution in [0.25, 0.3) is 21.9 Å². The van der Waals surface area contributed by atoms with E-state index in [1.807, 2.05) is 18.2 Å². The number of esters is 1. The minimum Gasteiger partial charge on any atom is -0.497 e. The van der Waals surface area contributed by atoms with Gasteiger partial charge in [0.2, 0.25) is 0 Å². The maximum absolute atomic E-state index is 13.6. The number of rotatable bonds is 4. The number of ether oxygens (including phenoxy) is 2. The Labute approximate surface area is 145 Å². The van der Waals surface area contributed by atoms with Crippen molar-refractivity contribution in [2.75, 3.05) is 19.5 Å². The Morgan fingerprint density at radius 3 is 2.48 bits per heavy atom. The number of nitrogen functional groups attached to an aromatic ring is 1. The third-order valence-corrected chi connectivity index (χ3v) is 4.02. The van der Waals surface area contributed by atoms with Crippen molar-refractivity contribution in [2.45, 2.75) is 6.92 Å². The van der Waals surface area contributed by atoms with E-state index in [9.17, 15) is 9.18 Å². The van der Waals surface area contributed by atoms with Gasteiger partial charge in [-0.25, -0.2) is 9.18 Å². The molecule has 0 spiro atoms. The fourth-order valence-electron chi connectivity index (χ4n) is 2.82. The second-order valence-corrected chi connectivity index (χ2v) is 5.53. The van der Waals surface area contributed by atoms with Gasteiger partial charge in [-0.05, 0) is 53.8 Å². The first-order valence-electron chi connectivity index (χ1n) is 7.88. The number of nitrogens with two attached hydrogens (primary N) is 1. The molecule has 128 valence electrons. The molecule has 0 saturated heterocycles. The highest BCUT2D eigenvalue weighted by Gasteiger charge is 2.20. The molecule has 0 unspecified atom stereocenters. The number of anilines is 1. The van der Waals surface area contributed by atoms with Crippen molar-refractivity contribution in [2.24, 2.45) is 0 Å². The van der Waals surface area contributed by atoms with Crippen molar-refractivity contribution >= 4 is 22.4 Å². The van der Waals surface area contributed by atoms with Crippen LogP contribution in [0.5, 0.6) is 5.75 Å². The number of hydrogen-bond donors (Lipinski definition) is 1. The predicted molar refractivity (Wildman–Crippen MR) is 96.3 cm³/mol. The van der Waals surface area contributed by atoms with Crippen molar-refractivity contribution in [3.8, 4) is 16.9 Å². The molecule has 3 aromatic rings. The number of hydrogen-bond acceptors (Lipinski definition) is 4. The maximum atomic E-state index is 13.6. The van der Waals surface area contributed by atoms with Gasteiger partial charge in [-0.2, -0.15) is 0 Å². The fourth-order valence-corrected chi connectivity index (χ4v) is 2.82. The van der Waals surface area contributed by atoms with E-state index >= 15 is 0 Å². The summed E-state index contributed by atoms with van der Waals surface area (Å²) in [5.41, 5.74) is 8.10. The van der Waals surface area contributed by atoms with E-state index in [1.165, 1.54) is 12.1 Å². The second kappa shape index (κ2) is 6.81. The first-order valence-corrected chi connectivity index (χ1v) is 7.88. The topological polar surface area (TPSA) is 61.5 Å². The van der Waals surface area contributed by atoms with Crippen LogP contribution in [0.2, 0.25) is 0 Å². The van der Waals surface area contributed by atoms with E-state index in [-0.39, 0.29) is 17.9 Å². The quantitative estimate of drug-likeness (QED) is 0.565. The highest BCUT2D eigenvalue weighted by Crippen LogP contribution is 2.36. The Bertz CT molecular complexity index is 936. The molecule has 4 nitrogen and oxygen atoms in total. The van der Waals surface area contributed by atoms with Gasteiger partial charge in [0.1, 0.15) is 11.6 Å². The van der Waals surface area contributed by atoms with Gasteiger partial charge in [0.15, 0.2) is 0 Å². The van der Waals surface area contributed by atoms with Gasteiger partial charge in [-0.1, -0.05) is 18.2 Å². The summed E-state index contributed by atoms with van der Waals surface area (Å²) >= 11 is 0. The summed E-state index contributed by atoms with van der Waals surface area (Å²) in [4.78, 5) is 12.5. The number of benzene rings is 3. The summed E-state index contributed by atoms with van der Waals surface area (Å²) in [7, 11) is 1.58. The van der Waals surface area contributed by atoms with E-state index in [0.717, 1.165) is 10.9 Å². The van der Waals surface area contributed by atoms with E-state index in [0.29, 0.717) is 16.7 Å². The Balaban J connectivity index is 2.29. The molecule has 3 aromatic carbocycles. The number of carbonyl (C=O) groups excluding carboxylic acids is 1. The molecule has 3 rings (SSSR count). The van der Waals surface area contributed by atoms with E-state index < -0.39 is 11.8 Å². The average molecular weight is 339 g/mol. The molecule has 0 heterocycles. The van der Waals surface area contributed by atoms with Crippen LogP contribution in [-0.4, -0.2) is 19.7 Å². The lowest BCUT2D eigenvalue weighted by atomic mass is 9.93. The van der Waals surface area contributed by atoms with Gasteiger partial charge in [-0.3, -0.25) is 0 Å². The Morgan fingerprint density at radius 2 is 1.84 bits per heavy atom. The maximum Gasteiger partial charge on any atom is 0.340 e. The summed E-state index contributed by atoms with van der Waals surface area (Å²) in [6, 6.07) is 13.4. The van der Waals surface area contributed by atoms with Crippen molar-refractivity contribution < 1.29 is 18.7 Å². The standard InChI is InChI=1S/C20H18FNO3/c1-3-25-20(23)18-16(12-5-8-15(24-2)9-6-12)10-13-4-7-14(21)11-17(13)19(18)22/h4-11H,3,22H2,1-2H3. The van der Waals surface area contributed by atoms with Crippen LogP contribution in [0, 0.1) is 5.82 Å². The zero-order valence-electron chi connectivity index (χ0n) is 14.0. The summed E-state index contributed by atoms with van der Waals surface area (Å²) in [5, 5.41) is 1.23. The van der Waals surface area contributed by atoms with Crippen molar-refractivity contribution in [1.82, 2.24) is 0 Å². The zero-order chi connectivity index (χ0) is 18.0. The van der Waals surface area contributed by atoms with Gasteiger partial charge in [-0.15, -0.1) is 0 Å². The Hall–Kier alpha value is -3.08. The predicted octanol–water partition coefficient (Wildman–Crippen LogP) is 4.41. The van der Waals surface area contributed by atoms with Gasteiger partial charge in [0.05, 0.1) is 25.0 Å². The third-order valence-electron chi connectivity index (χ3n) is 4.02. The average Bonchev–Trinajstić information content (AvgIpc) is 2.62. The molecule has 0 saturated carbocycles. The molecular formula is C20H18FNO3. The van der Waals surface area contributed by atoms with Gasteiger partial charge >= 0.3 is 5.97 Å². The fraction of sp³-hybridized carbons (Fsp3) is 0.150. The molecular weight excluding hydrogens is 321 g/mol. The number of fused-ring (bicyclic) bond motifs is 1. The summed E-state index contributed by atoms with van der Waals surface area (Å²) in [6.07, 6.45) is 0. The normalized spacial score (nSPS) is 10.7. The molecule has 25 heavy (non-hydrogen) atoms. The third kappa shape index (κ3) is 3.13. The van der Waals surface area contributed by atoms with Crippen LogP contribution in [0.1, 0.15) is 17.3 Å². The van der Waals surface area contributed by atoms with Gasteiger partial charge in [0, 0.05) is 5.39 Å². The summed E-state index contributed by atoms with van der Waals surface area (Å²) in [6.45, 7) is 1.95. The lowest BCUT2D eigenvalue weighted by Crippen LogP contribution is -2.10. The molecule has 0 radical (unpaired) electrons. The van der Waals surface area contributed by atoms with Gasteiger partial charge in [0.25, 0.3) is 0 Å². The van der Waals surface area contributed by atoms with Crippen LogP contribution in [-0.2, 0) is 4.74 Å². The molecule has 0 aliphatic heterocycles. The minimum absolute atomic E-state index is 0.210. The van der Waals surface area contributed by atoms with Crippen LogP contribution < -0.4 is 10.5 Å². The molecule has 0 bridgehead atoms. The van der Waals surface area contributed by atoms with Crippen LogP contribution in [0.4, 0.5) is 10.1 Å². The Kier molecular flexibility index (Phi) is 4.57. The van der Waals surface area contributed by atoms with Crippen molar-refractivity contribution in [1.29, 1.82) is 0 Å². The number of methoxy groups -OCH3 is 1. The molecule has 0 atom stereocenters. The van der Waals surface area contributed by atoms with Crippen LogP contribution in [0.15, 0.2) is 48.5 Å². The van der Waals surface area contributed by atoms with E-state index in [2.05, 4.69) is 0 Å². The lowest BCUT2D eigenvalue weighted by Gasteiger charge is -2.15. The first kappa shape index (κ1) is 16.8. The van der Waals surface area contributed by atoms with E-state index in [1.54, 1.807) is 32.2 Å². The highest BCUT2D eigenvalue weighted by atomic mass is 19.1. The molecule has 0 fully saturated rings. The van der Waals surface area contributed by atoms with Gasteiger partial charge < -0.3 is 15.2 Å². The zero-order valence-corrected chi connectivity index (χ0v) is 14.0. The molecule has 2 N–H and O–H groups in total. The molecule has 0 aliphatic carbocycles. The smallest absolute Gasteiger partial charge is 0.340 e. The van der Waals surface area contributed by atoms with E-state index in [4.69, 9.17) is 15.2 Å². The lowest BCUT2D eigenvalue weighted by molar-refractivity contribution is 0.0528. The second-order valence-electron chi connectivity index (χ2n) is 5.53. The Morgan fingerprint density at radius 1 is 1.12 bits per heavy atom. The highest BCUT2D eigenvalue weighted by molar-refractivity contribution is 6.11. The molecule has 0 aromatic heterocycles. The molecule has 0 amide bonds. The van der Waals surface area contributed by atoms with Crippen LogP contribution in [0.3, 0.4) is 0 Å². The van der Waals surface area contributed by atoms with Crippen molar-refractivity contribution in [3.63, 3.8) is 0 Å². The molecule has 0 aliphatic rings. The number of halogens is 1. The first-order chi connectivity index (χ1) is 12.0. The summed E-state index contributed by atoms with van der Waals surface area (Å²) < 4.78 is 23.9.